The Balaban J connectivity index is 1.60. The van der Waals surface area contributed by atoms with Gasteiger partial charge in [-0.25, -0.2) is 4.98 Å². The maximum Gasteiger partial charge on any atom is 0.220 e. The Kier molecular flexibility index (Phi) is 7.32. The Bertz CT molecular complexity index is 953. The molecular formula is C23H27N3O4. The zero-order chi connectivity index (χ0) is 21.3. The lowest BCUT2D eigenvalue weighted by atomic mass is 10.0. The smallest absolute Gasteiger partial charge is 0.220 e. The third-order valence-corrected chi connectivity index (χ3v) is 4.75. The van der Waals surface area contributed by atoms with Crippen molar-refractivity contribution in [1.82, 2.24) is 14.9 Å². The number of benzene rings is 2. The SMILES string of the molecule is COc1ccc(OCCCC(=O)NC(c2ccccc2OC)c2nccn2C)cc1. The first kappa shape index (κ1) is 21.2. The van der Waals surface area contributed by atoms with E-state index in [1.54, 1.807) is 20.4 Å². The molecule has 0 spiro atoms. The van der Waals surface area contributed by atoms with Crippen molar-refractivity contribution in [3.63, 3.8) is 0 Å². The average Bonchev–Trinajstić information content (AvgIpc) is 3.21. The fourth-order valence-electron chi connectivity index (χ4n) is 3.17. The van der Waals surface area contributed by atoms with E-state index in [1.165, 1.54) is 0 Å². The zero-order valence-corrected chi connectivity index (χ0v) is 17.5. The minimum atomic E-state index is -0.406. The van der Waals surface area contributed by atoms with Gasteiger partial charge in [-0.1, -0.05) is 18.2 Å². The number of hydrogen-bond donors (Lipinski definition) is 1. The topological polar surface area (TPSA) is 74.6 Å². The molecule has 0 saturated carbocycles. The molecule has 7 nitrogen and oxygen atoms in total. The number of carbonyl (C=O) groups is 1. The quantitative estimate of drug-likeness (QED) is 0.519. The predicted octanol–water partition coefficient (Wildman–Crippen LogP) is 3.50. The highest BCUT2D eigenvalue weighted by Gasteiger charge is 2.23. The molecule has 1 atom stereocenters. The van der Waals surface area contributed by atoms with Crippen molar-refractivity contribution >= 4 is 5.91 Å². The van der Waals surface area contributed by atoms with E-state index in [0.717, 1.165) is 22.9 Å². The second-order valence-corrected chi connectivity index (χ2v) is 6.77. The summed E-state index contributed by atoms with van der Waals surface area (Å²) in [5.41, 5.74) is 0.858. The number of rotatable bonds is 10. The average molecular weight is 409 g/mol. The summed E-state index contributed by atoms with van der Waals surface area (Å²) in [6, 6.07) is 14.6. The molecule has 1 amide bonds. The van der Waals surface area contributed by atoms with Crippen molar-refractivity contribution in [2.45, 2.75) is 18.9 Å². The number of hydrogen-bond acceptors (Lipinski definition) is 5. The van der Waals surface area contributed by atoms with Gasteiger partial charge in [-0.3, -0.25) is 4.79 Å². The lowest BCUT2D eigenvalue weighted by Gasteiger charge is -2.21. The predicted molar refractivity (Wildman–Crippen MR) is 114 cm³/mol. The Hall–Kier alpha value is -3.48. The van der Waals surface area contributed by atoms with Crippen LogP contribution in [0.3, 0.4) is 0 Å². The van der Waals surface area contributed by atoms with E-state index in [1.807, 2.05) is 66.3 Å². The van der Waals surface area contributed by atoms with Gasteiger partial charge in [0.15, 0.2) is 0 Å². The number of aromatic nitrogens is 2. The second kappa shape index (κ2) is 10.3. The molecule has 0 fully saturated rings. The molecule has 1 heterocycles. The number of aryl methyl sites for hydroxylation is 1. The highest BCUT2D eigenvalue weighted by molar-refractivity contribution is 5.77. The van der Waals surface area contributed by atoms with Gasteiger partial charge in [0.25, 0.3) is 0 Å². The van der Waals surface area contributed by atoms with E-state index >= 15 is 0 Å². The molecule has 158 valence electrons. The maximum absolute atomic E-state index is 12.7. The number of nitrogens with one attached hydrogen (secondary N) is 1. The monoisotopic (exact) mass is 409 g/mol. The molecular weight excluding hydrogens is 382 g/mol. The van der Waals surface area contributed by atoms with Gasteiger partial charge in [0.2, 0.25) is 5.91 Å². The molecule has 0 saturated heterocycles. The number of methoxy groups -OCH3 is 2. The third kappa shape index (κ3) is 5.31. The van der Waals surface area contributed by atoms with Crippen molar-refractivity contribution < 1.29 is 19.0 Å². The summed E-state index contributed by atoms with van der Waals surface area (Å²) in [7, 11) is 5.14. The van der Waals surface area contributed by atoms with Gasteiger partial charge in [-0.2, -0.15) is 0 Å². The van der Waals surface area contributed by atoms with Crippen molar-refractivity contribution in [3.8, 4) is 17.2 Å². The highest BCUT2D eigenvalue weighted by atomic mass is 16.5. The molecule has 0 aliphatic rings. The van der Waals surface area contributed by atoms with Gasteiger partial charge in [0.1, 0.15) is 29.1 Å². The van der Waals surface area contributed by atoms with Crippen molar-refractivity contribution in [1.29, 1.82) is 0 Å². The van der Waals surface area contributed by atoms with Crippen LogP contribution in [0.2, 0.25) is 0 Å². The fraction of sp³-hybridized carbons (Fsp3) is 0.304. The van der Waals surface area contributed by atoms with E-state index in [4.69, 9.17) is 14.2 Å². The second-order valence-electron chi connectivity index (χ2n) is 6.77. The summed E-state index contributed by atoms with van der Waals surface area (Å²) in [6.07, 6.45) is 4.50. The molecule has 0 bridgehead atoms. The van der Waals surface area contributed by atoms with E-state index in [0.29, 0.717) is 25.2 Å². The van der Waals surface area contributed by atoms with Crippen LogP contribution in [-0.2, 0) is 11.8 Å². The van der Waals surface area contributed by atoms with Crippen molar-refractivity contribution in [2.75, 3.05) is 20.8 Å². The molecule has 1 aromatic heterocycles. The van der Waals surface area contributed by atoms with E-state index in [2.05, 4.69) is 10.3 Å². The number of imidazole rings is 1. The van der Waals surface area contributed by atoms with Crippen LogP contribution >= 0.6 is 0 Å². The minimum absolute atomic E-state index is 0.0766. The number of nitrogens with zero attached hydrogens (tertiary/aromatic N) is 2. The third-order valence-electron chi connectivity index (χ3n) is 4.75. The Morgan fingerprint density at radius 3 is 2.47 bits per heavy atom. The first-order valence-electron chi connectivity index (χ1n) is 9.78. The van der Waals surface area contributed by atoms with Crippen LogP contribution in [-0.4, -0.2) is 36.3 Å². The maximum atomic E-state index is 12.7. The molecule has 0 radical (unpaired) electrons. The molecule has 3 aromatic rings. The molecule has 0 aliphatic heterocycles. The van der Waals surface area contributed by atoms with Gasteiger partial charge < -0.3 is 24.1 Å². The van der Waals surface area contributed by atoms with Crippen molar-refractivity contribution in [2.24, 2.45) is 7.05 Å². The van der Waals surface area contributed by atoms with E-state index < -0.39 is 6.04 Å². The van der Waals surface area contributed by atoms with Crippen LogP contribution in [0.5, 0.6) is 17.2 Å². The van der Waals surface area contributed by atoms with Gasteiger partial charge in [-0.05, 0) is 36.8 Å². The molecule has 0 aliphatic carbocycles. The summed E-state index contributed by atoms with van der Waals surface area (Å²) >= 11 is 0. The number of amides is 1. The molecule has 2 aromatic carbocycles. The van der Waals surface area contributed by atoms with Crippen LogP contribution in [0.25, 0.3) is 0 Å². The van der Waals surface area contributed by atoms with Crippen LogP contribution in [0.4, 0.5) is 0 Å². The Morgan fingerprint density at radius 1 is 1.07 bits per heavy atom. The summed E-state index contributed by atoms with van der Waals surface area (Å²) in [4.78, 5) is 17.1. The van der Waals surface area contributed by atoms with Crippen LogP contribution in [0.1, 0.15) is 30.3 Å². The van der Waals surface area contributed by atoms with Gasteiger partial charge in [-0.15, -0.1) is 0 Å². The summed E-state index contributed by atoms with van der Waals surface area (Å²) in [6.45, 7) is 0.446. The van der Waals surface area contributed by atoms with Crippen molar-refractivity contribution in [3.05, 3.63) is 72.3 Å². The molecule has 3 rings (SSSR count). The normalized spacial score (nSPS) is 11.6. The number of para-hydroxylation sites is 1. The number of ether oxygens (including phenoxy) is 3. The first-order valence-corrected chi connectivity index (χ1v) is 9.78. The molecule has 1 unspecified atom stereocenters. The molecule has 7 heteroatoms. The molecule has 30 heavy (non-hydrogen) atoms. The summed E-state index contributed by atoms with van der Waals surface area (Å²) in [5.74, 6) is 2.89. The lowest BCUT2D eigenvalue weighted by Crippen LogP contribution is -2.31. The largest absolute Gasteiger partial charge is 0.497 e. The number of carbonyl (C=O) groups excluding carboxylic acids is 1. The van der Waals surface area contributed by atoms with Gasteiger partial charge >= 0.3 is 0 Å². The zero-order valence-electron chi connectivity index (χ0n) is 17.5. The van der Waals surface area contributed by atoms with Gasteiger partial charge in [0, 0.05) is 31.4 Å². The fourth-order valence-corrected chi connectivity index (χ4v) is 3.17. The standard InChI is InChI=1S/C23H27N3O4/c1-26-15-14-24-23(26)22(19-7-4-5-8-20(19)29-3)25-21(27)9-6-16-30-18-12-10-17(28-2)11-13-18/h4-5,7-8,10-15,22H,6,9,16H2,1-3H3,(H,25,27). The summed E-state index contributed by atoms with van der Waals surface area (Å²) < 4.78 is 18.2. The van der Waals surface area contributed by atoms with Gasteiger partial charge in [0.05, 0.1) is 20.8 Å². The molecule has 1 N–H and O–H groups in total. The van der Waals surface area contributed by atoms with E-state index in [-0.39, 0.29) is 5.91 Å². The van der Waals surface area contributed by atoms with Crippen LogP contribution in [0, 0.1) is 0 Å². The Morgan fingerprint density at radius 2 is 1.80 bits per heavy atom. The van der Waals surface area contributed by atoms with Crippen LogP contribution < -0.4 is 19.5 Å². The van der Waals surface area contributed by atoms with E-state index in [9.17, 15) is 4.79 Å². The highest BCUT2D eigenvalue weighted by Crippen LogP contribution is 2.29. The minimum Gasteiger partial charge on any atom is -0.497 e. The summed E-state index contributed by atoms with van der Waals surface area (Å²) in [5, 5.41) is 3.09. The first-order chi connectivity index (χ1) is 14.6. The lowest BCUT2D eigenvalue weighted by molar-refractivity contribution is -0.121. The Labute approximate surface area is 176 Å². The van der Waals surface area contributed by atoms with Crippen LogP contribution in [0.15, 0.2) is 60.9 Å².